The predicted octanol–water partition coefficient (Wildman–Crippen LogP) is 4.80. The third kappa shape index (κ3) is 8.98. The molecular formula is C38H65N3O8. The number of carbonyl (C=O) groups excluding carboxylic acids is 4. The van der Waals surface area contributed by atoms with Gasteiger partial charge in [-0.1, -0.05) is 59.8 Å². The van der Waals surface area contributed by atoms with Gasteiger partial charge >= 0.3 is 23.9 Å². The third-order valence-electron chi connectivity index (χ3n) is 13.4. The number of unbranched alkanes of at least 4 members (excludes halogenated alkanes) is 5. The van der Waals surface area contributed by atoms with Crippen LogP contribution in [-0.4, -0.2) is 68.4 Å². The van der Waals surface area contributed by atoms with E-state index >= 15 is 0 Å². The van der Waals surface area contributed by atoms with E-state index in [2.05, 4.69) is 27.7 Å². The first kappa shape index (κ1) is 39.5. The molecule has 11 nitrogen and oxygen atoms in total. The third-order valence-corrected chi connectivity index (χ3v) is 13.4. The number of carbonyl (C=O) groups is 4. The first-order valence-electron chi connectivity index (χ1n) is 19.3. The highest BCUT2D eigenvalue weighted by Crippen LogP contribution is 2.69. The molecule has 0 radical (unpaired) electrons. The monoisotopic (exact) mass is 691 g/mol. The fourth-order valence-corrected chi connectivity index (χ4v) is 10.8. The maximum absolute atomic E-state index is 12.9. The van der Waals surface area contributed by atoms with Crippen LogP contribution >= 0.6 is 0 Å². The van der Waals surface area contributed by atoms with Gasteiger partial charge in [0.05, 0.1) is 26.2 Å². The van der Waals surface area contributed by atoms with Gasteiger partial charge in [0.15, 0.2) is 0 Å². The van der Waals surface area contributed by atoms with E-state index in [1.54, 1.807) is 0 Å². The molecule has 0 aromatic carbocycles. The van der Waals surface area contributed by atoms with Crippen molar-refractivity contribution in [3.8, 4) is 0 Å². The standard InChI is InChI=1S/C38H65N3O8/c1-5-6-7-8-9-10-17-46-32(42)14-11-24(2)27-12-13-28-36-29(20-31(38(27,28)4)49-35(45)23-41)37(3)16-15-26(47-33(43)21-39)18-25(37)19-30(36)48-34(44)22-40/h24-31,36H,5-23,39-41H2,1-4H3/t24-,25?,26-,27?,28+,29+,30-,31+,36?,37?,38-/m1/s1. The van der Waals surface area contributed by atoms with Gasteiger partial charge in [-0.25, -0.2) is 0 Å². The summed E-state index contributed by atoms with van der Waals surface area (Å²) in [7, 11) is 0. The number of hydrogen-bond acceptors (Lipinski definition) is 11. The average molecular weight is 692 g/mol. The molecule has 49 heavy (non-hydrogen) atoms. The van der Waals surface area contributed by atoms with E-state index in [1.807, 2.05) is 0 Å². The van der Waals surface area contributed by atoms with E-state index in [0.717, 1.165) is 38.5 Å². The van der Waals surface area contributed by atoms with Gasteiger partial charge in [0.1, 0.15) is 18.3 Å². The fraction of sp³-hybridized carbons (Fsp3) is 0.895. The maximum Gasteiger partial charge on any atom is 0.319 e. The normalized spacial score (nSPS) is 35.7. The van der Waals surface area contributed by atoms with E-state index < -0.39 is 23.3 Å². The highest BCUT2D eigenvalue weighted by molar-refractivity contribution is 5.72. The van der Waals surface area contributed by atoms with Crippen molar-refractivity contribution in [2.75, 3.05) is 26.2 Å². The van der Waals surface area contributed by atoms with Gasteiger partial charge in [0.25, 0.3) is 0 Å². The molecule has 0 aliphatic heterocycles. The molecule has 11 heteroatoms. The van der Waals surface area contributed by atoms with Crippen molar-refractivity contribution < 1.29 is 38.1 Å². The summed E-state index contributed by atoms with van der Waals surface area (Å²) in [5, 5.41) is 0. The van der Waals surface area contributed by atoms with Gasteiger partial charge in [-0.2, -0.15) is 0 Å². The lowest BCUT2D eigenvalue weighted by atomic mass is 9.43. The summed E-state index contributed by atoms with van der Waals surface area (Å²) >= 11 is 0. The highest BCUT2D eigenvalue weighted by atomic mass is 16.6. The Balaban J connectivity index is 1.53. The van der Waals surface area contributed by atoms with Crippen LogP contribution in [0.15, 0.2) is 0 Å². The van der Waals surface area contributed by atoms with Gasteiger partial charge in [0.2, 0.25) is 0 Å². The van der Waals surface area contributed by atoms with Crippen molar-refractivity contribution in [3.05, 3.63) is 0 Å². The zero-order valence-electron chi connectivity index (χ0n) is 30.6. The SMILES string of the molecule is CCCCCCCCOC(=O)CC[C@@H](C)C1CC[C@H]2C3[C@H](OC(=O)CN)CC4C[C@H](OC(=O)CN)CCC4(C)[C@H]3C[C@H](OC(=O)CN)[C@]12C. The molecule has 4 fully saturated rings. The topological polar surface area (TPSA) is 183 Å². The second kappa shape index (κ2) is 17.8. The second-order valence-corrected chi connectivity index (χ2v) is 16.0. The molecule has 280 valence electrons. The summed E-state index contributed by atoms with van der Waals surface area (Å²) in [6.07, 6.45) is 12.4. The number of esters is 4. The summed E-state index contributed by atoms with van der Waals surface area (Å²) in [5.41, 5.74) is 16.6. The van der Waals surface area contributed by atoms with Gasteiger partial charge in [-0.3, -0.25) is 19.2 Å². The van der Waals surface area contributed by atoms with Crippen LogP contribution in [0.3, 0.4) is 0 Å². The van der Waals surface area contributed by atoms with Crippen LogP contribution in [0.4, 0.5) is 0 Å². The summed E-state index contributed by atoms with van der Waals surface area (Å²) in [6.45, 7) is 8.92. The zero-order valence-corrected chi connectivity index (χ0v) is 30.6. The average Bonchev–Trinajstić information content (AvgIpc) is 3.45. The number of hydrogen-bond donors (Lipinski definition) is 3. The molecule has 11 atom stereocenters. The molecule has 0 aromatic heterocycles. The van der Waals surface area contributed by atoms with E-state index in [-0.39, 0.29) is 84.8 Å². The van der Waals surface area contributed by atoms with Crippen molar-refractivity contribution >= 4 is 23.9 Å². The van der Waals surface area contributed by atoms with Crippen LogP contribution in [0.2, 0.25) is 0 Å². The number of rotatable bonds is 17. The molecule has 4 rings (SSSR count). The Morgan fingerprint density at radius 1 is 0.755 bits per heavy atom. The fourth-order valence-electron chi connectivity index (χ4n) is 10.8. The molecule has 0 aromatic rings. The van der Waals surface area contributed by atoms with Gasteiger partial charge < -0.3 is 36.1 Å². The lowest BCUT2D eigenvalue weighted by Crippen LogP contribution is -2.63. The first-order chi connectivity index (χ1) is 23.4. The molecule has 6 N–H and O–H groups in total. The Bertz CT molecular complexity index is 1140. The quantitative estimate of drug-likeness (QED) is 0.108. The maximum atomic E-state index is 12.9. The number of ether oxygens (including phenoxy) is 4. The Hall–Kier alpha value is -2.24. The zero-order chi connectivity index (χ0) is 35.8. The Morgan fingerprint density at radius 2 is 1.41 bits per heavy atom. The van der Waals surface area contributed by atoms with Crippen molar-refractivity contribution in [1.29, 1.82) is 0 Å². The Labute approximate surface area is 293 Å². The molecule has 4 aliphatic rings. The summed E-state index contributed by atoms with van der Waals surface area (Å²) in [4.78, 5) is 50.5. The minimum atomic E-state index is -0.421. The Morgan fingerprint density at radius 3 is 2.10 bits per heavy atom. The van der Waals surface area contributed by atoms with Crippen LogP contribution in [0.5, 0.6) is 0 Å². The van der Waals surface area contributed by atoms with Crippen LogP contribution in [0.25, 0.3) is 0 Å². The molecule has 0 saturated heterocycles. The molecule has 0 amide bonds. The molecule has 0 spiro atoms. The number of fused-ring (bicyclic) bond motifs is 5. The minimum absolute atomic E-state index is 0.0669. The van der Waals surface area contributed by atoms with E-state index in [4.69, 9.17) is 36.1 Å². The van der Waals surface area contributed by atoms with Crippen molar-refractivity contribution in [2.45, 2.75) is 142 Å². The molecule has 4 unspecified atom stereocenters. The summed E-state index contributed by atoms with van der Waals surface area (Å²) in [6, 6.07) is 0. The molecule has 4 aliphatic carbocycles. The van der Waals surface area contributed by atoms with Gasteiger partial charge in [-0.15, -0.1) is 0 Å². The Kier molecular flexibility index (Phi) is 14.4. The van der Waals surface area contributed by atoms with Crippen LogP contribution in [0.1, 0.15) is 124 Å². The lowest BCUT2D eigenvalue weighted by Gasteiger charge is -2.64. The predicted molar refractivity (Wildman–Crippen MR) is 186 cm³/mol. The first-order valence-corrected chi connectivity index (χ1v) is 19.3. The number of nitrogens with two attached hydrogens (primary N) is 3. The molecular weight excluding hydrogens is 626 g/mol. The molecule has 0 heterocycles. The van der Waals surface area contributed by atoms with Gasteiger partial charge in [-0.05, 0) is 92.8 Å². The van der Waals surface area contributed by atoms with Crippen molar-refractivity contribution in [3.63, 3.8) is 0 Å². The minimum Gasteiger partial charge on any atom is -0.466 e. The largest absolute Gasteiger partial charge is 0.466 e. The summed E-state index contributed by atoms with van der Waals surface area (Å²) < 4.78 is 23.8. The van der Waals surface area contributed by atoms with Crippen molar-refractivity contribution in [1.82, 2.24) is 0 Å². The molecule has 0 bridgehead atoms. The second-order valence-electron chi connectivity index (χ2n) is 16.0. The highest BCUT2D eigenvalue weighted by Gasteiger charge is 2.67. The molecule has 4 saturated carbocycles. The smallest absolute Gasteiger partial charge is 0.319 e. The van der Waals surface area contributed by atoms with Crippen LogP contribution in [-0.2, 0) is 38.1 Å². The van der Waals surface area contributed by atoms with E-state index in [1.165, 1.54) is 25.7 Å². The van der Waals surface area contributed by atoms with Gasteiger partial charge in [0, 0.05) is 17.8 Å². The summed E-state index contributed by atoms with van der Waals surface area (Å²) in [5.74, 6) is -0.547. The lowest BCUT2D eigenvalue weighted by molar-refractivity contribution is -0.225. The van der Waals surface area contributed by atoms with E-state index in [0.29, 0.717) is 38.7 Å². The van der Waals surface area contributed by atoms with Crippen LogP contribution in [0, 0.1) is 46.3 Å². The van der Waals surface area contributed by atoms with Crippen LogP contribution < -0.4 is 17.2 Å². The van der Waals surface area contributed by atoms with Crippen molar-refractivity contribution in [2.24, 2.45) is 63.5 Å². The van der Waals surface area contributed by atoms with E-state index in [9.17, 15) is 19.2 Å².